The Balaban J connectivity index is 2.19. The summed E-state index contributed by atoms with van der Waals surface area (Å²) in [7, 11) is 0. The van der Waals surface area contributed by atoms with Crippen molar-refractivity contribution in [3.63, 3.8) is 0 Å². The molecule has 0 unspecified atom stereocenters. The number of rotatable bonds is 3. The topological polar surface area (TPSA) is 35.2 Å². The molecule has 88 valence electrons. The first-order valence-electron chi connectivity index (χ1n) is 5.81. The highest BCUT2D eigenvalue weighted by Crippen LogP contribution is 2.25. The zero-order valence-corrected chi connectivity index (χ0v) is 10.2. The second-order valence-corrected chi connectivity index (χ2v) is 4.18. The van der Waals surface area contributed by atoms with Crippen LogP contribution in [0.3, 0.4) is 0 Å². The van der Waals surface area contributed by atoms with Crippen LogP contribution in [0.2, 0.25) is 0 Å². The van der Waals surface area contributed by atoms with Crippen LogP contribution in [0, 0.1) is 6.92 Å². The minimum Gasteiger partial charge on any atom is -0.457 e. The summed E-state index contributed by atoms with van der Waals surface area (Å²) < 4.78 is 5.76. The number of anilines is 1. The van der Waals surface area contributed by atoms with Crippen molar-refractivity contribution >= 4 is 5.69 Å². The molecule has 0 bridgehead atoms. The van der Waals surface area contributed by atoms with Gasteiger partial charge in [-0.05, 0) is 48.7 Å². The van der Waals surface area contributed by atoms with Gasteiger partial charge in [0.1, 0.15) is 11.5 Å². The number of aryl methyl sites for hydroxylation is 2. The highest BCUT2D eigenvalue weighted by molar-refractivity contribution is 5.48. The van der Waals surface area contributed by atoms with Gasteiger partial charge in [-0.15, -0.1) is 0 Å². The fourth-order valence-electron chi connectivity index (χ4n) is 1.76. The molecule has 0 heterocycles. The third-order valence-corrected chi connectivity index (χ3v) is 2.64. The summed E-state index contributed by atoms with van der Waals surface area (Å²) in [5.74, 6) is 1.62. The Morgan fingerprint density at radius 2 is 1.71 bits per heavy atom. The molecule has 2 aromatic carbocycles. The van der Waals surface area contributed by atoms with Crippen LogP contribution in [0.1, 0.15) is 18.1 Å². The van der Waals surface area contributed by atoms with E-state index in [2.05, 4.69) is 19.1 Å². The van der Waals surface area contributed by atoms with Crippen LogP contribution in [0.15, 0.2) is 42.5 Å². The summed E-state index contributed by atoms with van der Waals surface area (Å²) in [5, 5.41) is 0. The van der Waals surface area contributed by atoms with Gasteiger partial charge in [0, 0.05) is 11.8 Å². The van der Waals surface area contributed by atoms with E-state index in [0.29, 0.717) is 0 Å². The predicted octanol–water partition coefficient (Wildman–Crippen LogP) is 3.93. The smallest absolute Gasteiger partial charge is 0.129 e. The number of nitrogens with two attached hydrogens (primary N) is 1. The second-order valence-electron chi connectivity index (χ2n) is 4.18. The zero-order valence-electron chi connectivity index (χ0n) is 10.2. The SMILES string of the molecule is CCc1ccc(Oc2cc(C)cc(N)c2)cc1. The van der Waals surface area contributed by atoms with E-state index in [1.54, 1.807) is 0 Å². The fraction of sp³-hybridized carbons (Fsp3) is 0.200. The Labute approximate surface area is 102 Å². The molecule has 2 rings (SSSR count). The minimum absolute atomic E-state index is 0.727. The molecular formula is C15H17NO. The Morgan fingerprint density at radius 1 is 1.00 bits per heavy atom. The van der Waals surface area contributed by atoms with Crippen molar-refractivity contribution in [1.29, 1.82) is 0 Å². The lowest BCUT2D eigenvalue weighted by molar-refractivity contribution is 0.482. The van der Waals surface area contributed by atoms with Gasteiger partial charge in [0.2, 0.25) is 0 Å². The molecule has 0 spiro atoms. The van der Waals surface area contributed by atoms with Gasteiger partial charge in [0.25, 0.3) is 0 Å². The van der Waals surface area contributed by atoms with Gasteiger partial charge in [-0.3, -0.25) is 0 Å². The predicted molar refractivity (Wildman–Crippen MR) is 71.5 cm³/mol. The first kappa shape index (κ1) is 11.5. The van der Waals surface area contributed by atoms with E-state index in [1.807, 2.05) is 37.3 Å². The van der Waals surface area contributed by atoms with Crippen LogP contribution in [0.25, 0.3) is 0 Å². The monoisotopic (exact) mass is 227 g/mol. The summed E-state index contributed by atoms with van der Waals surface area (Å²) in [6, 6.07) is 13.9. The van der Waals surface area contributed by atoms with Gasteiger partial charge < -0.3 is 10.5 Å². The van der Waals surface area contributed by atoms with Gasteiger partial charge >= 0.3 is 0 Å². The molecule has 2 aromatic rings. The lowest BCUT2D eigenvalue weighted by atomic mass is 10.2. The molecule has 2 N–H and O–H groups in total. The molecule has 0 saturated carbocycles. The molecule has 0 aliphatic rings. The molecule has 0 radical (unpaired) electrons. The van der Waals surface area contributed by atoms with Crippen LogP contribution >= 0.6 is 0 Å². The van der Waals surface area contributed by atoms with Gasteiger partial charge in [0.15, 0.2) is 0 Å². The Morgan fingerprint density at radius 3 is 2.29 bits per heavy atom. The number of benzene rings is 2. The van der Waals surface area contributed by atoms with Crippen molar-refractivity contribution < 1.29 is 4.74 Å². The van der Waals surface area contributed by atoms with Crippen molar-refractivity contribution in [3.8, 4) is 11.5 Å². The molecule has 0 atom stereocenters. The lowest BCUT2D eigenvalue weighted by Crippen LogP contribution is -1.90. The third kappa shape index (κ3) is 3.00. The molecular weight excluding hydrogens is 210 g/mol. The van der Waals surface area contributed by atoms with Crippen LogP contribution in [-0.4, -0.2) is 0 Å². The highest BCUT2D eigenvalue weighted by atomic mass is 16.5. The standard InChI is InChI=1S/C15H17NO/c1-3-12-4-6-14(7-5-12)17-15-9-11(2)8-13(16)10-15/h4-10H,3,16H2,1-2H3. The van der Waals surface area contributed by atoms with Gasteiger partial charge in [-0.1, -0.05) is 19.1 Å². The number of ether oxygens (including phenoxy) is 1. The Bertz CT molecular complexity index is 483. The maximum atomic E-state index is 5.78. The first-order valence-corrected chi connectivity index (χ1v) is 5.81. The van der Waals surface area contributed by atoms with Crippen LogP contribution in [0.5, 0.6) is 11.5 Å². The Kier molecular flexibility index (Phi) is 3.33. The third-order valence-electron chi connectivity index (χ3n) is 2.64. The molecule has 0 amide bonds. The van der Waals surface area contributed by atoms with E-state index >= 15 is 0 Å². The summed E-state index contributed by atoms with van der Waals surface area (Å²) in [4.78, 5) is 0. The van der Waals surface area contributed by atoms with Crippen LogP contribution in [0.4, 0.5) is 5.69 Å². The quantitative estimate of drug-likeness (QED) is 0.806. The normalized spacial score (nSPS) is 10.2. The van der Waals surface area contributed by atoms with E-state index in [0.717, 1.165) is 29.2 Å². The number of hydrogen-bond acceptors (Lipinski definition) is 2. The van der Waals surface area contributed by atoms with E-state index in [9.17, 15) is 0 Å². The summed E-state index contributed by atoms with van der Waals surface area (Å²) in [6.07, 6.45) is 1.04. The summed E-state index contributed by atoms with van der Waals surface area (Å²) >= 11 is 0. The molecule has 2 nitrogen and oxygen atoms in total. The molecule has 0 saturated heterocycles. The van der Waals surface area contributed by atoms with Crippen LogP contribution < -0.4 is 10.5 Å². The first-order chi connectivity index (χ1) is 8.17. The maximum Gasteiger partial charge on any atom is 0.129 e. The molecule has 0 fully saturated rings. The number of nitrogen functional groups attached to an aromatic ring is 1. The van der Waals surface area contributed by atoms with Gasteiger partial charge in [0.05, 0.1) is 0 Å². The fourth-order valence-corrected chi connectivity index (χ4v) is 1.76. The Hall–Kier alpha value is -1.96. The second kappa shape index (κ2) is 4.91. The molecule has 0 aliphatic carbocycles. The molecule has 0 aromatic heterocycles. The van der Waals surface area contributed by atoms with E-state index in [1.165, 1.54) is 5.56 Å². The van der Waals surface area contributed by atoms with Crippen molar-refractivity contribution in [3.05, 3.63) is 53.6 Å². The average Bonchev–Trinajstić information content (AvgIpc) is 2.28. The zero-order chi connectivity index (χ0) is 12.3. The van der Waals surface area contributed by atoms with Crippen molar-refractivity contribution in [1.82, 2.24) is 0 Å². The maximum absolute atomic E-state index is 5.78. The van der Waals surface area contributed by atoms with Crippen molar-refractivity contribution in [2.45, 2.75) is 20.3 Å². The van der Waals surface area contributed by atoms with Crippen LogP contribution in [-0.2, 0) is 6.42 Å². The van der Waals surface area contributed by atoms with E-state index < -0.39 is 0 Å². The van der Waals surface area contributed by atoms with Crippen molar-refractivity contribution in [2.75, 3.05) is 5.73 Å². The largest absolute Gasteiger partial charge is 0.457 e. The lowest BCUT2D eigenvalue weighted by Gasteiger charge is -2.08. The van der Waals surface area contributed by atoms with E-state index in [-0.39, 0.29) is 0 Å². The van der Waals surface area contributed by atoms with E-state index in [4.69, 9.17) is 10.5 Å². The highest BCUT2D eigenvalue weighted by Gasteiger charge is 1.99. The number of hydrogen-bond donors (Lipinski definition) is 1. The summed E-state index contributed by atoms with van der Waals surface area (Å²) in [5.41, 5.74) is 8.91. The van der Waals surface area contributed by atoms with Gasteiger partial charge in [-0.25, -0.2) is 0 Å². The average molecular weight is 227 g/mol. The molecule has 17 heavy (non-hydrogen) atoms. The molecule has 2 heteroatoms. The minimum atomic E-state index is 0.727. The summed E-state index contributed by atoms with van der Waals surface area (Å²) in [6.45, 7) is 4.14. The molecule has 0 aliphatic heterocycles. The van der Waals surface area contributed by atoms with Crippen molar-refractivity contribution in [2.24, 2.45) is 0 Å². The van der Waals surface area contributed by atoms with Gasteiger partial charge in [-0.2, -0.15) is 0 Å².